The normalized spacial score (nSPS) is 21.7. The number of carbonyl (C=O) groups is 3. The number of carbonyl (C=O) groups excluding carboxylic acids is 2. The number of likely N-dealkylation sites (tertiary alicyclic amines) is 2. The molecule has 2 N–H and O–H groups in total. The number of benzene rings is 1. The Labute approximate surface area is 179 Å². The van der Waals surface area contributed by atoms with E-state index < -0.39 is 12.1 Å². The van der Waals surface area contributed by atoms with Gasteiger partial charge in [-0.3, -0.25) is 9.59 Å². The van der Waals surface area contributed by atoms with Crippen molar-refractivity contribution < 1.29 is 32.7 Å². The predicted molar refractivity (Wildman–Crippen MR) is 107 cm³/mol. The lowest BCUT2D eigenvalue weighted by molar-refractivity contribution is -0.192. The van der Waals surface area contributed by atoms with Crippen LogP contribution >= 0.6 is 0 Å². The zero-order valence-corrected chi connectivity index (χ0v) is 17.5. The van der Waals surface area contributed by atoms with E-state index in [1.165, 1.54) is 0 Å². The van der Waals surface area contributed by atoms with Crippen molar-refractivity contribution in [3.63, 3.8) is 0 Å². The molecule has 0 aliphatic carbocycles. The van der Waals surface area contributed by atoms with E-state index >= 15 is 0 Å². The molecule has 0 saturated carbocycles. The first-order valence-corrected chi connectivity index (χ1v) is 10.2. The maximum Gasteiger partial charge on any atom is 0.490 e. The molecule has 2 saturated heterocycles. The van der Waals surface area contributed by atoms with Gasteiger partial charge in [-0.25, -0.2) is 4.79 Å². The van der Waals surface area contributed by atoms with Crippen molar-refractivity contribution >= 4 is 17.8 Å². The average molecular weight is 443 g/mol. The molecule has 2 heterocycles. The van der Waals surface area contributed by atoms with E-state index in [-0.39, 0.29) is 23.9 Å². The molecule has 2 aliphatic heterocycles. The van der Waals surface area contributed by atoms with Crippen LogP contribution in [0.25, 0.3) is 0 Å². The Bertz CT molecular complexity index is 773. The highest BCUT2D eigenvalue weighted by Gasteiger charge is 2.43. The van der Waals surface area contributed by atoms with Crippen molar-refractivity contribution in [3.8, 4) is 0 Å². The van der Waals surface area contributed by atoms with Crippen LogP contribution in [0.4, 0.5) is 13.2 Å². The fourth-order valence-electron chi connectivity index (χ4n) is 4.10. The van der Waals surface area contributed by atoms with Crippen molar-refractivity contribution in [2.24, 2.45) is 0 Å². The number of carboxylic acids is 1. The van der Waals surface area contributed by atoms with Gasteiger partial charge >= 0.3 is 12.1 Å². The maximum atomic E-state index is 12.7. The van der Waals surface area contributed by atoms with Crippen molar-refractivity contribution in [2.75, 3.05) is 33.2 Å². The van der Waals surface area contributed by atoms with Gasteiger partial charge in [-0.15, -0.1) is 0 Å². The number of aliphatic carboxylic acids is 1. The van der Waals surface area contributed by atoms with Crippen molar-refractivity contribution in [2.45, 2.75) is 43.8 Å². The molecule has 10 heteroatoms. The Hall–Kier alpha value is -2.62. The van der Waals surface area contributed by atoms with Crippen molar-refractivity contribution in [3.05, 3.63) is 35.9 Å². The summed E-state index contributed by atoms with van der Waals surface area (Å²) in [6, 6.07) is 9.05. The molecule has 31 heavy (non-hydrogen) atoms. The third-order valence-corrected chi connectivity index (χ3v) is 5.72. The zero-order chi connectivity index (χ0) is 23.1. The van der Waals surface area contributed by atoms with Gasteiger partial charge in [-0.05, 0) is 57.8 Å². The second kappa shape index (κ2) is 10.6. The second-order valence-corrected chi connectivity index (χ2v) is 7.88. The highest BCUT2D eigenvalue weighted by Crippen LogP contribution is 2.38. The Morgan fingerprint density at radius 1 is 1.03 bits per heavy atom. The van der Waals surface area contributed by atoms with E-state index in [1.54, 1.807) is 12.1 Å². The van der Waals surface area contributed by atoms with Crippen LogP contribution in [0.15, 0.2) is 30.3 Å². The van der Waals surface area contributed by atoms with Crippen LogP contribution in [-0.4, -0.2) is 77.6 Å². The standard InChI is InChI=1S/C19H27N3O2.C2HF3O2/c1-21-12-5-9-19(11-14-21)10-6-13-22(19)17(23)15-20-18(24)16-7-3-2-4-8-16;3-2(4,5)1(6)7/h2-4,7-8H,5-6,9-15H2,1H3,(H,20,24);(H,6,7). The topological polar surface area (TPSA) is 90.0 Å². The Morgan fingerprint density at radius 3 is 2.19 bits per heavy atom. The highest BCUT2D eigenvalue weighted by atomic mass is 19.4. The summed E-state index contributed by atoms with van der Waals surface area (Å²) in [5.74, 6) is -2.88. The van der Waals surface area contributed by atoms with E-state index in [0.29, 0.717) is 5.56 Å². The number of nitrogens with zero attached hydrogens (tertiary/aromatic N) is 2. The molecule has 0 aromatic heterocycles. The van der Waals surface area contributed by atoms with Gasteiger partial charge in [-0.1, -0.05) is 18.2 Å². The monoisotopic (exact) mass is 443 g/mol. The van der Waals surface area contributed by atoms with Gasteiger partial charge in [-0.2, -0.15) is 13.2 Å². The van der Waals surface area contributed by atoms with Crippen LogP contribution in [-0.2, 0) is 9.59 Å². The van der Waals surface area contributed by atoms with Crippen LogP contribution < -0.4 is 5.32 Å². The molecule has 2 fully saturated rings. The van der Waals surface area contributed by atoms with Gasteiger partial charge in [0.1, 0.15) is 0 Å². The summed E-state index contributed by atoms with van der Waals surface area (Å²) in [6.45, 7) is 3.06. The van der Waals surface area contributed by atoms with Crippen LogP contribution in [0, 0.1) is 0 Å². The number of halogens is 3. The molecule has 0 radical (unpaired) electrons. The summed E-state index contributed by atoms with van der Waals surface area (Å²) in [5, 5.41) is 9.91. The number of hydrogen-bond donors (Lipinski definition) is 2. The average Bonchev–Trinajstić information content (AvgIpc) is 3.05. The van der Waals surface area contributed by atoms with Crippen LogP contribution in [0.2, 0.25) is 0 Å². The molecule has 1 spiro atoms. The van der Waals surface area contributed by atoms with Crippen molar-refractivity contribution in [1.82, 2.24) is 15.1 Å². The van der Waals surface area contributed by atoms with Gasteiger partial charge in [0, 0.05) is 24.2 Å². The van der Waals surface area contributed by atoms with E-state index in [4.69, 9.17) is 9.90 Å². The molecule has 1 atom stereocenters. The van der Waals surface area contributed by atoms with Gasteiger partial charge in [0.15, 0.2) is 0 Å². The SMILES string of the molecule is CN1CCCC2(CCCN2C(=O)CNC(=O)c2ccccc2)CC1.O=C(O)C(F)(F)F. The van der Waals surface area contributed by atoms with Crippen LogP contribution in [0.3, 0.4) is 0 Å². The Morgan fingerprint density at radius 2 is 1.61 bits per heavy atom. The fraction of sp³-hybridized carbons (Fsp3) is 0.571. The summed E-state index contributed by atoms with van der Waals surface area (Å²) < 4.78 is 31.7. The number of nitrogens with one attached hydrogen (secondary N) is 1. The number of rotatable bonds is 3. The maximum absolute atomic E-state index is 12.7. The molecule has 172 valence electrons. The molecular formula is C21H28F3N3O4. The van der Waals surface area contributed by atoms with Gasteiger partial charge < -0.3 is 20.2 Å². The van der Waals surface area contributed by atoms with E-state index in [9.17, 15) is 22.8 Å². The number of amides is 2. The van der Waals surface area contributed by atoms with Crippen molar-refractivity contribution in [1.29, 1.82) is 0 Å². The molecule has 0 bridgehead atoms. The van der Waals surface area contributed by atoms with E-state index in [1.807, 2.05) is 18.2 Å². The number of carboxylic acid groups (broad SMARTS) is 1. The lowest BCUT2D eigenvalue weighted by atomic mass is 9.87. The molecule has 1 aromatic carbocycles. The lowest BCUT2D eigenvalue weighted by Gasteiger charge is -2.38. The minimum atomic E-state index is -5.08. The highest BCUT2D eigenvalue weighted by molar-refractivity contribution is 5.96. The molecule has 1 aromatic rings. The summed E-state index contributed by atoms with van der Waals surface area (Å²) in [4.78, 5) is 38.2. The Balaban J connectivity index is 0.000000423. The molecule has 1 unspecified atom stereocenters. The van der Waals surface area contributed by atoms with Crippen LogP contribution in [0.1, 0.15) is 42.5 Å². The summed E-state index contributed by atoms with van der Waals surface area (Å²) >= 11 is 0. The molecule has 7 nitrogen and oxygen atoms in total. The van der Waals surface area contributed by atoms with Gasteiger partial charge in [0.05, 0.1) is 6.54 Å². The Kier molecular flexibility index (Phi) is 8.43. The van der Waals surface area contributed by atoms with E-state index in [2.05, 4.69) is 22.2 Å². The quantitative estimate of drug-likeness (QED) is 0.750. The minimum absolute atomic E-state index is 0.0132. The number of alkyl halides is 3. The third-order valence-electron chi connectivity index (χ3n) is 5.72. The summed E-state index contributed by atoms with van der Waals surface area (Å²) in [5.41, 5.74) is 0.608. The first-order chi connectivity index (χ1) is 14.5. The zero-order valence-electron chi connectivity index (χ0n) is 17.5. The number of hydrogen-bond acceptors (Lipinski definition) is 4. The smallest absolute Gasteiger partial charge is 0.475 e. The fourth-order valence-corrected chi connectivity index (χ4v) is 4.10. The second-order valence-electron chi connectivity index (χ2n) is 7.88. The molecule has 3 rings (SSSR count). The van der Waals surface area contributed by atoms with Gasteiger partial charge in [0.2, 0.25) is 5.91 Å². The molecular weight excluding hydrogens is 415 g/mol. The van der Waals surface area contributed by atoms with E-state index in [0.717, 1.165) is 51.7 Å². The van der Waals surface area contributed by atoms with Gasteiger partial charge in [0.25, 0.3) is 5.91 Å². The van der Waals surface area contributed by atoms with Crippen LogP contribution in [0.5, 0.6) is 0 Å². The largest absolute Gasteiger partial charge is 0.490 e. The molecule has 2 aliphatic rings. The first kappa shape index (κ1) is 24.6. The first-order valence-electron chi connectivity index (χ1n) is 10.2. The lowest BCUT2D eigenvalue weighted by Crippen LogP contribution is -2.51. The summed E-state index contributed by atoms with van der Waals surface area (Å²) in [6.07, 6.45) is 0.343. The molecule has 2 amide bonds. The minimum Gasteiger partial charge on any atom is -0.475 e. The summed E-state index contributed by atoms with van der Waals surface area (Å²) in [7, 11) is 2.15. The predicted octanol–water partition coefficient (Wildman–Crippen LogP) is 2.53. The third kappa shape index (κ3) is 6.95.